The van der Waals surface area contributed by atoms with E-state index in [4.69, 9.17) is 11.6 Å². The Bertz CT molecular complexity index is 631. The zero-order valence-corrected chi connectivity index (χ0v) is 11.0. The fourth-order valence-electron chi connectivity index (χ4n) is 1.75. The van der Waals surface area contributed by atoms with E-state index in [0.717, 1.165) is 0 Å². The van der Waals surface area contributed by atoms with Gasteiger partial charge in [0.05, 0.1) is 16.9 Å². The second kappa shape index (κ2) is 6.16. The van der Waals surface area contributed by atoms with Gasteiger partial charge in [0.15, 0.2) is 5.92 Å². The topological polar surface area (TPSA) is 79.3 Å². The van der Waals surface area contributed by atoms with Crippen LogP contribution in [0.25, 0.3) is 0 Å². The van der Waals surface area contributed by atoms with Crippen molar-refractivity contribution < 1.29 is 14.7 Å². The van der Waals surface area contributed by atoms with Crippen molar-refractivity contribution in [2.75, 3.05) is 5.32 Å². The van der Waals surface area contributed by atoms with E-state index >= 15 is 0 Å². The van der Waals surface area contributed by atoms with E-state index in [1.165, 1.54) is 18.5 Å². The number of rotatable bonds is 4. The van der Waals surface area contributed by atoms with Crippen LogP contribution in [0.3, 0.4) is 0 Å². The van der Waals surface area contributed by atoms with Crippen LogP contribution < -0.4 is 5.32 Å². The van der Waals surface area contributed by atoms with Crippen LogP contribution in [0.2, 0.25) is 5.02 Å². The number of carboxylic acids is 1. The number of amides is 1. The number of carboxylic acid groups (broad SMARTS) is 1. The zero-order valence-electron chi connectivity index (χ0n) is 10.3. The molecule has 2 N–H and O–H groups in total. The van der Waals surface area contributed by atoms with Gasteiger partial charge >= 0.3 is 5.97 Å². The Labute approximate surface area is 120 Å². The number of anilines is 1. The lowest BCUT2D eigenvalue weighted by Gasteiger charge is -2.13. The highest BCUT2D eigenvalue weighted by Gasteiger charge is 2.28. The molecule has 0 aliphatic heterocycles. The molecule has 6 heteroatoms. The van der Waals surface area contributed by atoms with Crippen molar-refractivity contribution in [3.05, 3.63) is 59.4 Å². The van der Waals surface area contributed by atoms with Crippen LogP contribution in [0, 0.1) is 0 Å². The molecule has 2 rings (SSSR count). The SMILES string of the molecule is O=C(O)C(C(=O)Nc1cncc(Cl)c1)c1ccccc1. The number of halogens is 1. The minimum Gasteiger partial charge on any atom is -0.480 e. The number of pyridine rings is 1. The number of hydrogen-bond acceptors (Lipinski definition) is 3. The predicted molar refractivity (Wildman–Crippen MR) is 74.7 cm³/mol. The molecule has 1 atom stereocenters. The first-order valence-corrected chi connectivity index (χ1v) is 6.15. The zero-order chi connectivity index (χ0) is 14.5. The van der Waals surface area contributed by atoms with Gasteiger partial charge in [0.1, 0.15) is 0 Å². The van der Waals surface area contributed by atoms with E-state index in [2.05, 4.69) is 10.3 Å². The Morgan fingerprint density at radius 3 is 2.50 bits per heavy atom. The number of carbonyl (C=O) groups excluding carboxylic acids is 1. The molecular weight excluding hydrogens is 280 g/mol. The highest BCUT2D eigenvalue weighted by molar-refractivity contribution is 6.30. The van der Waals surface area contributed by atoms with Gasteiger partial charge in [-0.15, -0.1) is 0 Å². The van der Waals surface area contributed by atoms with Crippen LogP contribution in [0.5, 0.6) is 0 Å². The normalized spacial score (nSPS) is 11.7. The summed E-state index contributed by atoms with van der Waals surface area (Å²) in [5, 5.41) is 12.1. The Hall–Kier alpha value is -2.40. The van der Waals surface area contributed by atoms with Crippen LogP contribution in [0.4, 0.5) is 5.69 Å². The smallest absolute Gasteiger partial charge is 0.320 e. The molecule has 1 amide bonds. The summed E-state index contributed by atoms with van der Waals surface area (Å²) in [5.74, 6) is -3.15. The minimum atomic E-state index is -1.28. The molecular formula is C14H11ClN2O3. The molecule has 1 heterocycles. The lowest BCUT2D eigenvalue weighted by Crippen LogP contribution is -2.27. The molecule has 20 heavy (non-hydrogen) atoms. The molecule has 0 spiro atoms. The second-order valence-corrected chi connectivity index (χ2v) is 4.50. The molecule has 0 bridgehead atoms. The van der Waals surface area contributed by atoms with Crippen LogP contribution in [-0.4, -0.2) is 22.0 Å². The largest absolute Gasteiger partial charge is 0.480 e. The number of hydrogen-bond donors (Lipinski definition) is 2. The third-order valence-corrected chi connectivity index (χ3v) is 2.82. The number of benzene rings is 1. The second-order valence-electron chi connectivity index (χ2n) is 4.06. The summed E-state index contributed by atoms with van der Waals surface area (Å²) in [4.78, 5) is 27.2. The summed E-state index contributed by atoms with van der Waals surface area (Å²) in [7, 11) is 0. The van der Waals surface area contributed by atoms with E-state index in [1.807, 2.05) is 0 Å². The average Bonchev–Trinajstić information content (AvgIpc) is 2.39. The number of nitrogens with one attached hydrogen (secondary N) is 1. The Morgan fingerprint density at radius 2 is 1.90 bits per heavy atom. The summed E-state index contributed by atoms with van der Waals surface area (Å²) in [5.41, 5.74) is 0.761. The maximum atomic E-state index is 12.1. The Morgan fingerprint density at radius 1 is 1.20 bits per heavy atom. The molecule has 102 valence electrons. The summed E-state index contributed by atoms with van der Waals surface area (Å²) in [6, 6.07) is 9.79. The van der Waals surface area contributed by atoms with Crippen molar-refractivity contribution in [3.8, 4) is 0 Å². The fourth-order valence-corrected chi connectivity index (χ4v) is 1.92. The molecule has 1 unspecified atom stereocenters. The highest BCUT2D eigenvalue weighted by atomic mass is 35.5. The van der Waals surface area contributed by atoms with Crippen molar-refractivity contribution in [1.82, 2.24) is 4.98 Å². The quantitative estimate of drug-likeness (QED) is 0.848. The first-order chi connectivity index (χ1) is 9.58. The standard InChI is InChI=1S/C14H11ClN2O3/c15-10-6-11(8-16-7-10)17-13(18)12(14(19)20)9-4-2-1-3-5-9/h1-8,12H,(H,17,18)(H,19,20). The molecule has 0 radical (unpaired) electrons. The Kier molecular flexibility index (Phi) is 4.32. The van der Waals surface area contributed by atoms with Gasteiger partial charge in [-0.2, -0.15) is 0 Å². The first-order valence-electron chi connectivity index (χ1n) is 5.77. The van der Waals surface area contributed by atoms with Gasteiger partial charge in [0.2, 0.25) is 5.91 Å². The van der Waals surface area contributed by atoms with Gasteiger partial charge < -0.3 is 10.4 Å². The highest BCUT2D eigenvalue weighted by Crippen LogP contribution is 2.19. The summed E-state index contributed by atoms with van der Waals surface area (Å²) in [6.07, 6.45) is 2.82. The van der Waals surface area contributed by atoms with Crippen molar-refractivity contribution >= 4 is 29.2 Å². The maximum Gasteiger partial charge on any atom is 0.320 e. The fraction of sp³-hybridized carbons (Fsp3) is 0.0714. The molecule has 0 saturated carbocycles. The molecule has 1 aromatic heterocycles. The number of carbonyl (C=O) groups is 2. The van der Waals surface area contributed by atoms with E-state index in [-0.39, 0.29) is 0 Å². The maximum absolute atomic E-state index is 12.1. The van der Waals surface area contributed by atoms with Crippen molar-refractivity contribution in [3.63, 3.8) is 0 Å². The van der Waals surface area contributed by atoms with Crippen LogP contribution >= 0.6 is 11.6 Å². The molecule has 0 saturated heterocycles. The number of aromatic nitrogens is 1. The monoisotopic (exact) mass is 290 g/mol. The summed E-state index contributed by atoms with van der Waals surface area (Å²) < 4.78 is 0. The van der Waals surface area contributed by atoms with Gasteiger partial charge in [0.25, 0.3) is 0 Å². The van der Waals surface area contributed by atoms with Crippen molar-refractivity contribution in [2.24, 2.45) is 0 Å². The summed E-state index contributed by atoms with van der Waals surface area (Å²) in [6.45, 7) is 0. The predicted octanol–water partition coefficient (Wildman–Crippen LogP) is 2.54. The van der Waals surface area contributed by atoms with Gasteiger partial charge in [-0.3, -0.25) is 14.6 Å². The van der Waals surface area contributed by atoms with E-state index < -0.39 is 17.8 Å². The molecule has 0 aliphatic rings. The van der Waals surface area contributed by atoms with Crippen molar-refractivity contribution in [1.29, 1.82) is 0 Å². The van der Waals surface area contributed by atoms with Gasteiger partial charge in [-0.1, -0.05) is 41.9 Å². The van der Waals surface area contributed by atoms with E-state index in [9.17, 15) is 14.7 Å². The van der Waals surface area contributed by atoms with E-state index in [1.54, 1.807) is 30.3 Å². The molecule has 2 aromatic rings. The summed E-state index contributed by atoms with van der Waals surface area (Å²) >= 11 is 5.76. The van der Waals surface area contributed by atoms with Crippen LogP contribution in [-0.2, 0) is 9.59 Å². The van der Waals surface area contributed by atoms with Crippen LogP contribution in [0.15, 0.2) is 48.8 Å². The molecule has 1 aromatic carbocycles. The third kappa shape index (κ3) is 3.33. The van der Waals surface area contributed by atoms with Crippen molar-refractivity contribution in [2.45, 2.75) is 5.92 Å². The van der Waals surface area contributed by atoms with E-state index in [0.29, 0.717) is 16.3 Å². The molecule has 0 fully saturated rings. The minimum absolute atomic E-state index is 0.352. The molecule has 5 nitrogen and oxygen atoms in total. The third-order valence-electron chi connectivity index (χ3n) is 2.61. The first kappa shape index (κ1) is 14.0. The Balaban J connectivity index is 2.23. The van der Waals surface area contributed by atoms with Gasteiger partial charge in [-0.05, 0) is 11.6 Å². The average molecular weight is 291 g/mol. The number of nitrogens with zero attached hydrogens (tertiary/aromatic N) is 1. The number of aliphatic carboxylic acids is 1. The molecule has 0 aliphatic carbocycles. The van der Waals surface area contributed by atoms with Gasteiger partial charge in [-0.25, -0.2) is 0 Å². The lowest BCUT2D eigenvalue weighted by molar-refractivity contribution is -0.141. The lowest BCUT2D eigenvalue weighted by atomic mass is 9.98. The van der Waals surface area contributed by atoms with Crippen LogP contribution in [0.1, 0.15) is 11.5 Å². The van der Waals surface area contributed by atoms with Gasteiger partial charge in [0, 0.05) is 6.20 Å².